The number of aromatic nitrogens is 2. The highest BCUT2D eigenvalue weighted by Gasteiger charge is 2.33. The van der Waals surface area contributed by atoms with Gasteiger partial charge in [-0.1, -0.05) is 26.2 Å². The number of halogens is 3. The van der Waals surface area contributed by atoms with E-state index in [4.69, 9.17) is 0 Å². The van der Waals surface area contributed by atoms with Crippen molar-refractivity contribution in [3.8, 4) is 0 Å². The number of nitrogens with zero attached hydrogens (tertiary/aromatic N) is 2. The van der Waals surface area contributed by atoms with Crippen molar-refractivity contribution in [2.45, 2.75) is 71.4 Å². The van der Waals surface area contributed by atoms with Crippen molar-refractivity contribution in [3.05, 3.63) is 23.3 Å². The molecule has 1 saturated carbocycles. The van der Waals surface area contributed by atoms with Crippen molar-refractivity contribution in [3.63, 3.8) is 0 Å². The average molecular weight is 371 g/mol. The Hall–Kier alpha value is -1.66. The number of amides is 1. The van der Waals surface area contributed by atoms with Crippen LogP contribution in [-0.4, -0.2) is 22.4 Å². The maximum atomic E-state index is 12.8. The number of aryl methyl sites for hydroxylation is 1. The fraction of sp³-hybridized carbons (Fsp3) is 0.737. The lowest BCUT2D eigenvalue weighted by molar-refractivity contribution is -0.141. The van der Waals surface area contributed by atoms with E-state index in [0.717, 1.165) is 37.7 Å². The fourth-order valence-corrected chi connectivity index (χ4v) is 3.53. The van der Waals surface area contributed by atoms with E-state index in [2.05, 4.69) is 22.2 Å². The molecule has 0 bridgehead atoms. The maximum Gasteiger partial charge on any atom is 0.433 e. The third-order valence-electron chi connectivity index (χ3n) is 5.02. The minimum Gasteiger partial charge on any atom is -0.355 e. The minimum absolute atomic E-state index is 0.00244. The Labute approximate surface area is 153 Å². The van der Waals surface area contributed by atoms with Crippen LogP contribution in [0.4, 0.5) is 13.2 Å². The van der Waals surface area contributed by atoms with Crippen LogP contribution >= 0.6 is 0 Å². The van der Waals surface area contributed by atoms with Gasteiger partial charge in [0, 0.05) is 24.6 Å². The average Bonchev–Trinajstić information content (AvgIpc) is 2.59. The van der Waals surface area contributed by atoms with Crippen LogP contribution in [0.2, 0.25) is 0 Å². The van der Waals surface area contributed by atoms with Crippen LogP contribution in [0.5, 0.6) is 0 Å². The Morgan fingerprint density at radius 1 is 1.23 bits per heavy atom. The molecule has 0 saturated heterocycles. The summed E-state index contributed by atoms with van der Waals surface area (Å²) in [5.74, 6) is 0.876. The van der Waals surface area contributed by atoms with Crippen LogP contribution in [0.1, 0.15) is 69.1 Å². The van der Waals surface area contributed by atoms with Crippen LogP contribution in [-0.2, 0) is 17.4 Å². The van der Waals surface area contributed by atoms with Gasteiger partial charge in [0.1, 0.15) is 11.5 Å². The van der Waals surface area contributed by atoms with Crippen molar-refractivity contribution < 1.29 is 18.0 Å². The molecule has 1 aromatic rings. The monoisotopic (exact) mass is 371 g/mol. The van der Waals surface area contributed by atoms with E-state index < -0.39 is 11.9 Å². The number of alkyl halides is 3. The SMILES string of the molecule is CCCCC1CCC(C(=O)NCCc2nc(C)cc(C(F)(F)F)n2)CC1. The van der Waals surface area contributed by atoms with E-state index in [1.54, 1.807) is 0 Å². The number of rotatable bonds is 7. The number of carbonyl (C=O) groups is 1. The molecular formula is C19H28F3N3O. The molecule has 1 heterocycles. The molecule has 0 unspecified atom stereocenters. The van der Waals surface area contributed by atoms with Gasteiger partial charge in [-0.25, -0.2) is 9.97 Å². The van der Waals surface area contributed by atoms with Gasteiger partial charge in [0.05, 0.1) is 0 Å². The molecule has 2 rings (SSSR count). The van der Waals surface area contributed by atoms with Crippen molar-refractivity contribution in [1.29, 1.82) is 0 Å². The Kier molecular flexibility index (Phi) is 7.41. The fourth-order valence-electron chi connectivity index (χ4n) is 3.53. The van der Waals surface area contributed by atoms with E-state index in [1.165, 1.54) is 26.2 Å². The lowest BCUT2D eigenvalue weighted by Gasteiger charge is -2.27. The zero-order chi connectivity index (χ0) is 19.2. The van der Waals surface area contributed by atoms with Gasteiger partial charge in [-0.15, -0.1) is 0 Å². The first kappa shape index (κ1) is 20.6. The standard InChI is InChI=1S/C19H28F3N3O/c1-3-4-5-14-6-8-15(9-7-14)18(26)23-11-10-17-24-13(2)12-16(25-17)19(20,21)22/h12,14-15H,3-11H2,1-2H3,(H,23,26). The lowest BCUT2D eigenvalue weighted by Crippen LogP contribution is -2.34. The van der Waals surface area contributed by atoms with Gasteiger partial charge in [-0.3, -0.25) is 4.79 Å². The highest BCUT2D eigenvalue weighted by Crippen LogP contribution is 2.32. The van der Waals surface area contributed by atoms with E-state index in [9.17, 15) is 18.0 Å². The molecular weight excluding hydrogens is 343 g/mol. The summed E-state index contributed by atoms with van der Waals surface area (Å²) in [5, 5.41) is 2.84. The number of hydrogen-bond donors (Lipinski definition) is 1. The van der Waals surface area contributed by atoms with Crippen LogP contribution in [0, 0.1) is 18.8 Å². The minimum atomic E-state index is -4.48. The Bertz CT molecular complexity index is 596. The molecule has 0 aromatic carbocycles. The second-order valence-electron chi connectivity index (χ2n) is 7.21. The molecule has 1 N–H and O–H groups in total. The number of unbranched alkanes of at least 4 members (excludes halogenated alkanes) is 1. The second kappa shape index (κ2) is 9.33. The molecule has 4 nitrogen and oxygen atoms in total. The number of carbonyl (C=O) groups excluding carboxylic acids is 1. The summed E-state index contributed by atoms with van der Waals surface area (Å²) in [5.41, 5.74) is -0.657. The molecule has 146 valence electrons. The Morgan fingerprint density at radius 3 is 2.54 bits per heavy atom. The summed E-state index contributed by atoms with van der Waals surface area (Å²) in [6.07, 6.45) is 3.40. The molecule has 0 atom stereocenters. The third-order valence-corrected chi connectivity index (χ3v) is 5.02. The van der Waals surface area contributed by atoms with E-state index in [0.29, 0.717) is 0 Å². The summed E-state index contributed by atoms with van der Waals surface area (Å²) in [6, 6.07) is 0.930. The Morgan fingerprint density at radius 2 is 1.92 bits per heavy atom. The second-order valence-corrected chi connectivity index (χ2v) is 7.21. The van der Waals surface area contributed by atoms with Gasteiger partial charge in [0.15, 0.2) is 0 Å². The molecule has 1 aromatic heterocycles. The first-order valence-corrected chi connectivity index (χ1v) is 9.49. The number of nitrogens with one attached hydrogen (secondary N) is 1. The Balaban J connectivity index is 1.78. The molecule has 26 heavy (non-hydrogen) atoms. The van der Waals surface area contributed by atoms with Gasteiger partial charge in [0.25, 0.3) is 0 Å². The molecule has 0 spiro atoms. The molecule has 1 aliphatic rings. The maximum absolute atomic E-state index is 12.8. The van der Waals surface area contributed by atoms with Gasteiger partial charge in [-0.05, 0) is 44.6 Å². The smallest absolute Gasteiger partial charge is 0.355 e. The summed E-state index contributed by atoms with van der Waals surface area (Å²) in [4.78, 5) is 19.9. The highest BCUT2D eigenvalue weighted by molar-refractivity contribution is 5.78. The zero-order valence-electron chi connectivity index (χ0n) is 15.5. The quantitative estimate of drug-likeness (QED) is 0.770. The van der Waals surface area contributed by atoms with Crippen molar-refractivity contribution >= 4 is 5.91 Å². The highest BCUT2D eigenvalue weighted by atomic mass is 19.4. The third kappa shape index (κ3) is 6.25. The van der Waals surface area contributed by atoms with E-state index >= 15 is 0 Å². The van der Waals surface area contributed by atoms with Gasteiger partial charge in [-0.2, -0.15) is 13.2 Å². The van der Waals surface area contributed by atoms with Crippen molar-refractivity contribution in [2.24, 2.45) is 11.8 Å². The van der Waals surface area contributed by atoms with Gasteiger partial charge >= 0.3 is 6.18 Å². The molecule has 0 aliphatic heterocycles. The normalized spacial score (nSPS) is 20.8. The number of hydrogen-bond acceptors (Lipinski definition) is 3. The summed E-state index contributed by atoms with van der Waals surface area (Å²) in [7, 11) is 0. The predicted octanol–water partition coefficient (Wildman–Crippen LogP) is 4.46. The first-order valence-electron chi connectivity index (χ1n) is 9.49. The molecule has 0 radical (unpaired) electrons. The van der Waals surface area contributed by atoms with E-state index in [-0.39, 0.29) is 36.3 Å². The topological polar surface area (TPSA) is 54.9 Å². The molecule has 1 aliphatic carbocycles. The van der Waals surface area contributed by atoms with Crippen LogP contribution in [0.3, 0.4) is 0 Å². The zero-order valence-corrected chi connectivity index (χ0v) is 15.5. The predicted molar refractivity (Wildman–Crippen MR) is 93.5 cm³/mol. The molecule has 1 amide bonds. The van der Waals surface area contributed by atoms with E-state index in [1.807, 2.05) is 0 Å². The summed E-state index contributed by atoms with van der Waals surface area (Å²) in [6.45, 7) is 3.96. The largest absolute Gasteiger partial charge is 0.433 e. The summed E-state index contributed by atoms with van der Waals surface area (Å²) < 4.78 is 38.4. The molecule has 7 heteroatoms. The van der Waals surface area contributed by atoms with Crippen molar-refractivity contribution in [1.82, 2.24) is 15.3 Å². The van der Waals surface area contributed by atoms with Crippen LogP contribution in [0.25, 0.3) is 0 Å². The van der Waals surface area contributed by atoms with Gasteiger partial charge in [0.2, 0.25) is 5.91 Å². The van der Waals surface area contributed by atoms with Crippen LogP contribution < -0.4 is 5.32 Å². The lowest BCUT2D eigenvalue weighted by atomic mass is 9.79. The summed E-state index contributed by atoms with van der Waals surface area (Å²) >= 11 is 0. The van der Waals surface area contributed by atoms with Gasteiger partial charge < -0.3 is 5.32 Å². The first-order chi connectivity index (χ1) is 12.3. The van der Waals surface area contributed by atoms with Crippen molar-refractivity contribution in [2.75, 3.05) is 6.54 Å². The van der Waals surface area contributed by atoms with Crippen LogP contribution in [0.15, 0.2) is 6.07 Å². The molecule has 1 fully saturated rings.